The van der Waals surface area contributed by atoms with Gasteiger partial charge in [-0.1, -0.05) is 33.1 Å². The zero-order chi connectivity index (χ0) is 12.8. The molecule has 17 heavy (non-hydrogen) atoms. The van der Waals surface area contributed by atoms with Gasteiger partial charge in [-0.15, -0.1) is 0 Å². The Bertz CT molecular complexity index is 464. The summed E-state index contributed by atoms with van der Waals surface area (Å²) in [6, 6.07) is 0. The highest BCUT2D eigenvalue weighted by atomic mass is 79.9. The van der Waals surface area contributed by atoms with E-state index in [2.05, 4.69) is 34.8 Å². The van der Waals surface area contributed by atoms with E-state index in [9.17, 15) is 9.59 Å². The summed E-state index contributed by atoms with van der Waals surface area (Å²) in [5, 5.41) is 0. The molecule has 0 aliphatic rings. The van der Waals surface area contributed by atoms with Crippen LogP contribution in [0.2, 0.25) is 0 Å². The van der Waals surface area contributed by atoms with E-state index in [1.165, 1.54) is 10.8 Å². The lowest BCUT2D eigenvalue weighted by atomic mass is 9.99. The predicted molar refractivity (Wildman–Crippen MR) is 72.3 cm³/mol. The molecule has 0 bridgehead atoms. The second-order valence-corrected chi connectivity index (χ2v) is 5.13. The van der Waals surface area contributed by atoms with Crippen molar-refractivity contribution in [2.45, 2.75) is 46.1 Å². The second-order valence-electron chi connectivity index (χ2n) is 4.27. The van der Waals surface area contributed by atoms with E-state index in [1.54, 1.807) is 0 Å². The van der Waals surface area contributed by atoms with Gasteiger partial charge in [0.05, 0.1) is 4.47 Å². The fourth-order valence-electron chi connectivity index (χ4n) is 1.83. The average Bonchev–Trinajstić information content (AvgIpc) is 2.33. The van der Waals surface area contributed by atoms with Crippen LogP contribution in [0.3, 0.4) is 0 Å². The van der Waals surface area contributed by atoms with Gasteiger partial charge < -0.3 is 4.98 Å². The molecule has 1 aromatic heterocycles. The Morgan fingerprint density at radius 2 is 2.12 bits per heavy atom. The number of unbranched alkanes of at least 4 members (excludes halogenated alkanes) is 1. The molecular weight excluding hydrogens is 284 g/mol. The highest BCUT2D eigenvalue weighted by molar-refractivity contribution is 9.10. The van der Waals surface area contributed by atoms with E-state index >= 15 is 0 Å². The molecule has 0 radical (unpaired) electrons. The summed E-state index contributed by atoms with van der Waals surface area (Å²) in [6.45, 7) is 4.74. The lowest BCUT2D eigenvalue weighted by molar-refractivity contribution is 0.377. The molecule has 1 N–H and O–H groups in total. The van der Waals surface area contributed by atoms with E-state index in [0.717, 1.165) is 25.7 Å². The van der Waals surface area contributed by atoms with E-state index in [1.807, 2.05) is 0 Å². The molecule has 4 nitrogen and oxygen atoms in total. The first-order valence-corrected chi connectivity index (χ1v) is 6.87. The van der Waals surface area contributed by atoms with Crippen molar-refractivity contribution >= 4 is 15.9 Å². The van der Waals surface area contributed by atoms with Crippen LogP contribution in [0.4, 0.5) is 0 Å². The monoisotopic (exact) mass is 302 g/mol. The SMILES string of the molecule is CCCCC(CC)Cn1c(=O)[nH]cc(Br)c1=O. The van der Waals surface area contributed by atoms with Crippen molar-refractivity contribution < 1.29 is 0 Å². The van der Waals surface area contributed by atoms with Gasteiger partial charge in [0.1, 0.15) is 0 Å². The van der Waals surface area contributed by atoms with Gasteiger partial charge in [-0.25, -0.2) is 4.79 Å². The fraction of sp³-hybridized carbons (Fsp3) is 0.667. The van der Waals surface area contributed by atoms with Gasteiger partial charge in [0.15, 0.2) is 0 Å². The molecule has 1 atom stereocenters. The van der Waals surface area contributed by atoms with E-state index in [4.69, 9.17) is 0 Å². The zero-order valence-corrected chi connectivity index (χ0v) is 11.9. The number of hydrogen-bond donors (Lipinski definition) is 1. The molecule has 1 aromatic rings. The quantitative estimate of drug-likeness (QED) is 0.878. The maximum atomic E-state index is 11.8. The largest absolute Gasteiger partial charge is 0.328 e. The number of hydrogen-bond acceptors (Lipinski definition) is 2. The average molecular weight is 303 g/mol. The number of halogens is 1. The Kier molecular flexibility index (Phi) is 5.68. The first-order chi connectivity index (χ1) is 8.10. The predicted octanol–water partition coefficient (Wildman–Crippen LogP) is 2.52. The number of H-pyrrole nitrogens is 1. The third-order valence-electron chi connectivity index (χ3n) is 3.00. The van der Waals surface area contributed by atoms with Crippen LogP contribution in [-0.2, 0) is 6.54 Å². The number of aromatic amines is 1. The molecule has 0 spiro atoms. The van der Waals surface area contributed by atoms with Crippen molar-refractivity contribution in [3.8, 4) is 0 Å². The van der Waals surface area contributed by atoms with Crippen LogP contribution < -0.4 is 11.2 Å². The van der Waals surface area contributed by atoms with Crippen LogP contribution in [0.25, 0.3) is 0 Å². The highest BCUT2D eigenvalue weighted by Gasteiger charge is 2.11. The van der Waals surface area contributed by atoms with Gasteiger partial charge in [0.25, 0.3) is 5.56 Å². The second kappa shape index (κ2) is 6.79. The van der Waals surface area contributed by atoms with Crippen LogP contribution in [0.5, 0.6) is 0 Å². The number of nitrogens with zero attached hydrogens (tertiary/aromatic N) is 1. The first-order valence-electron chi connectivity index (χ1n) is 6.08. The molecule has 0 aromatic carbocycles. The molecule has 5 heteroatoms. The molecule has 1 heterocycles. The van der Waals surface area contributed by atoms with Crippen molar-refractivity contribution in [3.63, 3.8) is 0 Å². The summed E-state index contributed by atoms with van der Waals surface area (Å²) in [6.07, 6.45) is 5.72. The van der Waals surface area contributed by atoms with Crippen LogP contribution in [0.1, 0.15) is 39.5 Å². The lowest BCUT2D eigenvalue weighted by Crippen LogP contribution is -2.37. The fourth-order valence-corrected chi connectivity index (χ4v) is 2.16. The summed E-state index contributed by atoms with van der Waals surface area (Å²) in [5.41, 5.74) is -0.572. The highest BCUT2D eigenvalue weighted by Crippen LogP contribution is 2.13. The summed E-state index contributed by atoms with van der Waals surface area (Å²) in [4.78, 5) is 26.0. The summed E-state index contributed by atoms with van der Waals surface area (Å²) >= 11 is 3.14. The minimum Gasteiger partial charge on any atom is -0.313 e. The molecule has 0 amide bonds. The topological polar surface area (TPSA) is 54.9 Å². The minimum absolute atomic E-state index is 0.247. The first kappa shape index (κ1) is 14.2. The number of nitrogens with one attached hydrogen (secondary N) is 1. The van der Waals surface area contributed by atoms with Crippen molar-refractivity contribution in [1.82, 2.24) is 9.55 Å². The van der Waals surface area contributed by atoms with Gasteiger partial charge in [0.2, 0.25) is 0 Å². The molecule has 96 valence electrons. The Balaban J connectivity index is 2.90. The van der Waals surface area contributed by atoms with Gasteiger partial charge in [-0.2, -0.15) is 0 Å². The Morgan fingerprint density at radius 3 is 2.71 bits per heavy atom. The molecule has 0 saturated carbocycles. The maximum absolute atomic E-state index is 11.8. The Labute approximate surface area is 109 Å². The molecule has 0 saturated heterocycles. The van der Waals surface area contributed by atoms with Crippen LogP contribution >= 0.6 is 15.9 Å². The molecule has 0 fully saturated rings. The van der Waals surface area contributed by atoms with Crippen molar-refractivity contribution in [2.75, 3.05) is 0 Å². The van der Waals surface area contributed by atoms with E-state index < -0.39 is 0 Å². The standard InChI is InChI=1S/C12H19BrN2O2/c1-3-5-6-9(4-2)8-15-11(16)10(13)7-14-12(15)17/h7,9H,3-6,8H2,1-2H3,(H,14,17). The van der Waals surface area contributed by atoms with Crippen molar-refractivity contribution in [2.24, 2.45) is 5.92 Å². The Hall–Kier alpha value is -0.840. The number of rotatable bonds is 6. The molecule has 1 unspecified atom stereocenters. The summed E-state index contributed by atoms with van der Waals surface area (Å²) < 4.78 is 1.69. The molecular formula is C12H19BrN2O2. The maximum Gasteiger partial charge on any atom is 0.328 e. The van der Waals surface area contributed by atoms with Gasteiger partial charge in [-0.3, -0.25) is 9.36 Å². The van der Waals surface area contributed by atoms with Crippen LogP contribution in [0.15, 0.2) is 20.3 Å². The van der Waals surface area contributed by atoms with Crippen molar-refractivity contribution in [1.29, 1.82) is 0 Å². The smallest absolute Gasteiger partial charge is 0.313 e. The van der Waals surface area contributed by atoms with Crippen LogP contribution in [-0.4, -0.2) is 9.55 Å². The summed E-state index contributed by atoms with van der Waals surface area (Å²) in [7, 11) is 0. The van der Waals surface area contributed by atoms with E-state index in [0.29, 0.717) is 16.9 Å². The molecule has 1 rings (SSSR count). The van der Waals surface area contributed by atoms with E-state index in [-0.39, 0.29) is 11.2 Å². The summed E-state index contributed by atoms with van der Waals surface area (Å²) in [5.74, 6) is 0.392. The normalized spacial score (nSPS) is 12.6. The van der Waals surface area contributed by atoms with Crippen molar-refractivity contribution in [3.05, 3.63) is 31.5 Å². The van der Waals surface area contributed by atoms with Gasteiger partial charge in [0, 0.05) is 12.7 Å². The minimum atomic E-state index is -0.326. The third kappa shape index (κ3) is 3.84. The van der Waals surface area contributed by atoms with Gasteiger partial charge >= 0.3 is 5.69 Å². The van der Waals surface area contributed by atoms with Gasteiger partial charge in [-0.05, 0) is 28.3 Å². The lowest BCUT2D eigenvalue weighted by Gasteiger charge is -2.15. The molecule has 0 aliphatic heterocycles. The van der Waals surface area contributed by atoms with Crippen LogP contribution in [0, 0.1) is 5.92 Å². The molecule has 0 aliphatic carbocycles. The Morgan fingerprint density at radius 1 is 1.41 bits per heavy atom. The number of aromatic nitrogens is 2. The third-order valence-corrected chi connectivity index (χ3v) is 3.57. The zero-order valence-electron chi connectivity index (χ0n) is 10.3.